The van der Waals surface area contributed by atoms with E-state index in [1.54, 1.807) is 12.1 Å². The van der Waals surface area contributed by atoms with Gasteiger partial charge >= 0.3 is 0 Å². The molecule has 2 rings (SSSR count). The Labute approximate surface area is 117 Å². The van der Waals surface area contributed by atoms with Crippen LogP contribution in [0.5, 0.6) is 5.75 Å². The van der Waals surface area contributed by atoms with Crippen LogP contribution in [0, 0.1) is 12.7 Å². The van der Waals surface area contributed by atoms with Crippen LogP contribution < -0.4 is 10.1 Å². The molecule has 0 aromatic heterocycles. The van der Waals surface area contributed by atoms with Crippen molar-refractivity contribution in [2.24, 2.45) is 0 Å². The molecule has 0 saturated heterocycles. The number of carbonyl (C=O) groups is 1. The van der Waals surface area contributed by atoms with Crippen molar-refractivity contribution < 1.29 is 13.9 Å². The van der Waals surface area contributed by atoms with Gasteiger partial charge in [0.05, 0.1) is 18.7 Å². The summed E-state index contributed by atoms with van der Waals surface area (Å²) in [5, 5.41) is 2.51. The van der Waals surface area contributed by atoms with E-state index in [4.69, 9.17) is 4.74 Å². The highest BCUT2D eigenvalue weighted by Gasteiger charge is 2.06. The minimum atomic E-state index is -0.444. The highest BCUT2D eigenvalue weighted by molar-refractivity contribution is 5.90. The topological polar surface area (TPSA) is 38.3 Å². The Balaban J connectivity index is 1.78. The van der Waals surface area contributed by atoms with E-state index in [1.165, 1.54) is 12.1 Å². The van der Waals surface area contributed by atoms with Crippen LogP contribution in [-0.2, 0) is 4.79 Å². The Kier molecular flexibility index (Phi) is 4.71. The maximum atomic E-state index is 13.3. The van der Waals surface area contributed by atoms with Crippen molar-refractivity contribution in [2.45, 2.75) is 13.3 Å². The lowest BCUT2D eigenvalue weighted by molar-refractivity contribution is -0.116. The summed E-state index contributed by atoms with van der Waals surface area (Å²) in [6.45, 7) is 2.25. The summed E-state index contributed by atoms with van der Waals surface area (Å²) in [6, 6.07) is 13.6. The third-order valence-electron chi connectivity index (χ3n) is 2.77. The van der Waals surface area contributed by atoms with Crippen molar-refractivity contribution in [3.05, 3.63) is 59.9 Å². The van der Waals surface area contributed by atoms with Crippen molar-refractivity contribution in [1.82, 2.24) is 0 Å². The minimum Gasteiger partial charge on any atom is -0.493 e. The zero-order chi connectivity index (χ0) is 14.4. The zero-order valence-electron chi connectivity index (χ0n) is 11.2. The van der Waals surface area contributed by atoms with Crippen LogP contribution >= 0.6 is 0 Å². The number of ether oxygens (including phenoxy) is 1. The zero-order valence-corrected chi connectivity index (χ0v) is 11.2. The van der Waals surface area contributed by atoms with E-state index in [0.717, 1.165) is 5.56 Å². The van der Waals surface area contributed by atoms with E-state index in [0.29, 0.717) is 5.75 Å². The molecule has 0 atom stereocenters. The second-order valence-electron chi connectivity index (χ2n) is 4.44. The summed E-state index contributed by atoms with van der Waals surface area (Å²) in [4.78, 5) is 11.7. The van der Waals surface area contributed by atoms with E-state index in [9.17, 15) is 9.18 Å². The van der Waals surface area contributed by atoms with Crippen molar-refractivity contribution in [3.63, 3.8) is 0 Å². The van der Waals surface area contributed by atoms with Crippen LogP contribution in [0.3, 0.4) is 0 Å². The number of nitrogens with one attached hydrogen (secondary N) is 1. The van der Waals surface area contributed by atoms with Crippen LogP contribution in [0.25, 0.3) is 0 Å². The highest BCUT2D eigenvalue weighted by Crippen LogP contribution is 2.13. The van der Waals surface area contributed by atoms with Gasteiger partial charge in [-0.15, -0.1) is 0 Å². The monoisotopic (exact) mass is 273 g/mol. The van der Waals surface area contributed by atoms with Crippen molar-refractivity contribution >= 4 is 11.6 Å². The second kappa shape index (κ2) is 6.70. The van der Waals surface area contributed by atoms with E-state index >= 15 is 0 Å². The molecule has 0 heterocycles. The van der Waals surface area contributed by atoms with Gasteiger partial charge in [-0.1, -0.05) is 29.8 Å². The molecule has 4 heteroatoms. The first kappa shape index (κ1) is 14.1. The molecule has 0 saturated carbocycles. The third-order valence-corrected chi connectivity index (χ3v) is 2.77. The molecule has 0 aliphatic rings. The molecule has 0 aliphatic carbocycles. The molecule has 2 aromatic rings. The number of amides is 1. The summed E-state index contributed by atoms with van der Waals surface area (Å²) in [6.07, 6.45) is 0.169. The predicted octanol–water partition coefficient (Wildman–Crippen LogP) is 3.54. The first-order chi connectivity index (χ1) is 9.65. The highest BCUT2D eigenvalue weighted by atomic mass is 19.1. The van der Waals surface area contributed by atoms with Crippen molar-refractivity contribution in [2.75, 3.05) is 11.9 Å². The quantitative estimate of drug-likeness (QED) is 0.904. The standard InChI is InChI=1S/C16H16FNO2/c1-12-6-8-13(9-7-12)20-11-10-16(19)18-15-5-3-2-4-14(15)17/h2-9H,10-11H2,1H3,(H,18,19). The summed E-state index contributed by atoms with van der Waals surface area (Å²) in [7, 11) is 0. The molecule has 0 radical (unpaired) electrons. The maximum absolute atomic E-state index is 13.3. The number of aryl methyl sites for hydroxylation is 1. The van der Waals surface area contributed by atoms with Crippen LogP contribution in [0.2, 0.25) is 0 Å². The van der Waals surface area contributed by atoms with Crippen LogP contribution in [-0.4, -0.2) is 12.5 Å². The SMILES string of the molecule is Cc1ccc(OCCC(=O)Nc2ccccc2F)cc1. The molecule has 104 valence electrons. The van der Waals surface area contributed by atoms with Gasteiger partial charge in [-0.05, 0) is 31.2 Å². The van der Waals surface area contributed by atoms with E-state index in [-0.39, 0.29) is 24.6 Å². The lowest BCUT2D eigenvalue weighted by Crippen LogP contribution is -2.15. The number of hydrogen-bond donors (Lipinski definition) is 1. The van der Waals surface area contributed by atoms with Crippen LogP contribution in [0.1, 0.15) is 12.0 Å². The van der Waals surface area contributed by atoms with E-state index < -0.39 is 5.82 Å². The molecule has 0 fully saturated rings. The molecule has 1 amide bonds. The molecule has 0 spiro atoms. The fraction of sp³-hybridized carbons (Fsp3) is 0.188. The van der Waals surface area contributed by atoms with Gasteiger partial charge in [0.1, 0.15) is 11.6 Å². The van der Waals surface area contributed by atoms with Gasteiger partial charge in [0, 0.05) is 0 Å². The Morgan fingerprint density at radius 1 is 1.15 bits per heavy atom. The summed E-state index contributed by atoms with van der Waals surface area (Å²) >= 11 is 0. The first-order valence-electron chi connectivity index (χ1n) is 6.39. The smallest absolute Gasteiger partial charge is 0.227 e. The molecule has 0 unspecified atom stereocenters. The third kappa shape index (κ3) is 4.09. The van der Waals surface area contributed by atoms with Gasteiger partial charge in [0.15, 0.2) is 0 Å². The number of rotatable bonds is 5. The first-order valence-corrected chi connectivity index (χ1v) is 6.39. The fourth-order valence-electron chi connectivity index (χ4n) is 1.67. The number of anilines is 1. The summed E-state index contributed by atoms with van der Waals surface area (Å²) < 4.78 is 18.8. The Bertz CT molecular complexity index is 581. The molecular formula is C16H16FNO2. The van der Waals surface area contributed by atoms with Gasteiger partial charge in [-0.25, -0.2) is 4.39 Å². The molecule has 1 N–H and O–H groups in total. The fourth-order valence-corrected chi connectivity index (χ4v) is 1.67. The minimum absolute atomic E-state index is 0.169. The van der Waals surface area contributed by atoms with Crippen molar-refractivity contribution in [3.8, 4) is 5.75 Å². The second-order valence-corrected chi connectivity index (χ2v) is 4.44. The lowest BCUT2D eigenvalue weighted by Gasteiger charge is -2.08. The Hall–Kier alpha value is -2.36. The number of hydrogen-bond acceptors (Lipinski definition) is 2. The number of para-hydroxylation sites is 1. The molecular weight excluding hydrogens is 257 g/mol. The van der Waals surface area contributed by atoms with E-state index in [1.807, 2.05) is 31.2 Å². The van der Waals surface area contributed by atoms with Gasteiger partial charge in [-0.2, -0.15) is 0 Å². The average Bonchev–Trinajstić information content (AvgIpc) is 2.44. The predicted molar refractivity (Wildman–Crippen MR) is 76.3 cm³/mol. The van der Waals surface area contributed by atoms with Crippen LogP contribution in [0.15, 0.2) is 48.5 Å². The molecule has 0 aliphatic heterocycles. The lowest BCUT2D eigenvalue weighted by atomic mass is 10.2. The number of carbonyl (C=O) groups excluding carboxylic acids is 1. The van der Waals surface area contributed by atoms with Gasteiger partial charge in [0.25, 0.3) is 0 Å². The normalized spacial score (nSPS) is 10.1. The largest absolute Gasteiger partial charge is 0.493 e. The number of halogens is 1. The van der Waals surface area contributed by atoms with Crippen molar-refractivity contribution in [1.29, 1.82) is 0 Å². The van der Waals surface area contributed by atoms with E-state index in [2.05, 4.69) is 5.32 Å². The molecule has 3 nitrogen and oxygen atoms in total. The maximum Gasteiger partial charge on any atom is 0.227 e. The van der Waals surface area contributed by atoms with Gasteiger partial charge in [-0.3, -0.25) is 4.79 Å². The Morgan fingerprint density at radius 3 is 2.55 bits per heavy atom. The molecule has 2 aromatic carbocycles. The summed E-state index contributed by atoms with van der Waals surface area (Å²) in [5.41, 5.74) is 1.34. The number of benzene rings is 2. The van der Waals surface area contributed by atoms with Gasteiger partial charge in [0.2, 0.25) is 5.91 Å². The molecule has 0 bridgehead atoms. The molecule has 20 heavy (non-hydrogen) atoms. The van der Waals surface area contributed by atoms with Gasteiger partial charge < -0.3 is 10.1 Å². The Morgan fingerprint density at radius 2 is 1.85 bits per heavy atom. The summed E-state index contributed by atoms with van der Waals surface area (Å²) in [5.74, 6) is -0.00296. The van der Waals surface area contributed by atoms with Crippen LogP contribution in [0.4, 0.5) is 10.1 Å². The average molecular weight is 273 g/mol.